The average molecular weight is 237 g/mol. The van der Waals surface area contributed by atoms with Gasteiger partial charge in [-0.25, -0.2) is 8.42 Å². The van der Waals surface area contributed by atoms with Crippen molar-refractivity contribution in [3.05, 3.63) is 5.69 Å². The summed E-state index contributed by atoms with van der Waals surface area (Å²) in [5.41, 5.74) is 0.650. The topological polar surface area (TPSA) is 61.2 Å². The number of hydrogen-bond donors (Lipinski definition) is 0. The van der Waals surface area contributed by atoms with E-state index in [1.165, 1.54) is 7.11 Å². The van der Waals surface area contributed by atoms with Gasteiger partial charge < -0.3 is 4.74 Å². The van der Waals surface area contributed by atoms with Gasteiger partial charge in [0, 0.05) is 17.2 Å². The first-order valence-electron chi connectivity index (χ1n) is 4.12. The third-order valence-corrected chi connectivity index (χ3v) is 3.56. The van der Waals surface area contributed by atoms with Crippen molar-refractivity contribution in [3.8, 4) is 5.88 Å². The van der Waals surface area contributed by atoms with Gasteiger partial charge in [0.25, 0.3) is 14.9 Å². The summed E-state index contributed by atoms with van der Waals surface area (Å²) in [4.78, 5) is 0.0270. The molecule has 1 aliphatic heterocycles. The Morgan fingerprint density at radius 1 is 1.57 bits per heavy atom. The van der Waals surface area contributed by atoms with Gasteiger partial charge in [-0.1, -0.05) is 0 Å². The van der Waals surface area contributed by atoms with Gasteiger partial charge in [-0.3, -0.25) is 4.68 Å². The van der Waals surface area contributed by atoms with Crippen LogP contribution in [0, 0.1) is 0 Å². The van der Waals surface area contributed by atoms with Crippen molar-refractivity contribution in [2.75, 3.05) is 7.11 Å². The molecule has 1 aromatic rings. The molecule has 0 bridgehead atoms. The maximum absolute atomic E-state index is 11.3. The molecular weight excluding hydrogens is 228 g/mol. The third kappa shape index (κ3) is 1.38. The highest BCUT2D eigenvalue weighted by molar-refractivity contribution is 8.13. The van der Waals surface area contributed by atoms with Crippen LogP contribution in [0.15, 0.2) is 4.90 Å². The zero-order chi connectivity index (χ0) is 10.3. The Bertz CT molecular complexity index is 466. The first-order valence-corrected chi connectivity index (χ1v) is 6.43. The number of methoxy groups -OCH3 is 1. The molecule has 7 heteroatoms. The van der Waals surface area contributed by atoms with Gasteiger partial charge >= 0.3 is 0 Å². The maximum atomic E-state index is 11.3. The summed E-state index contributed by atoms with van der Waals surface area (Å²) >= 11 is 0. The lowest BCUT2D eigenvalue weighted by molar-refractivity contribution is 0.379. The van der Waals surface area contributed by atoms with Gasteiger partial charge in [-0.15, -0.1) is 5.10 Å². The lowest BCUT2D eigenvalue weighted by atomic mass is 10.3. The molecule has 1 aliphatic rings. The second-order valence-electron chi connectivity index (χ2n) is 3.05. The van der Waals surface area contributed by atoms with Crippen molar-refractivity contribution < 1.29 is 13.2 Å². The molecule has 0 saturated heterocycles. The number of rotatable bonds is 2. The number of ether oxygens (including phenoxy) is 1. The second kappa shape index (κ2) is 3.13. The molecule has 14 heavy (non-hydrogen) atoms. The average Bonchev–Trinajstić information content (AvgIpc) is 2.57. The molecule has 2 heterocycles. The molecule has 1 aromatic heterocycles. The summed E-state index contributed by atoms with van der Waals surface area (Å²) in [7, 11) is 2.92. The first-order chi connectivity index (χ1) is 6.54. The fraction of sp³-hybridized carbons (Fsp3) is 0.571. The van der Waals surface area contributed by atoms with Crippen LogP contribution in [0.25, 0.3) is 0 Å². The van der Waals surface area contributed by atoms with Crippen molar-refractivity contribution in [1.82, 2.24) is 9.78 Å². The Kier molecular flexibility index (Phi) is 2.19. The van der Waals surface area contributed by atoms with Gasteiger partial charge in [0.1, 0.15) is 0 Å². The quantitative estimate of drug-likeness (QED) is 0.712. The third-order valence-electron chi connectivity index (χ3n) is 2.20. The van der Waals surface area contributed by atoms with Crippen LogP contribution < -0.4 is 4.74 Å². The molecule has 78 valence electrons. The van der Waals surface area contributed by atoms with Crippen LogP contribution >= 0.6 is 10.7 Å². The minimum Gasteiger partial charge on any atom is -0.479 e. The zero-order valence-corrected chi connectivity index (χ0v) is 9.10. The van der Waals surface area contributed by atoms with E-state index in [9.17, 15) is 8.42 Å². The molecule has 0 amide bonds. The Balaban J connectivity index is 2.67. The standard InChI is InChI=1S/C7H9ClN2O3S/c1-13-7-6(14(8,11)12)5-3-2-4-10(5)9-7/h2-4H2,1H3. The molecule has 0 aliphatic carbocycles. The molecule has 0 atom stereocenters. The highest BCUT2D eigenvalue weighted by Crippen LogP contribution is 2.33. The number of fused-ring (bicyclic) bond motifs is 1. The van der Waals surface area contributed by atoms with E-state index in [1.54, 1.807) is 4.68 Å². The van der Waals surface area contributed by atoms with E-state index < -0.39 is 9.05 Å². The normalized spacial score (nSPS) is 15.6. The van der Waals surface area contributed by atoms with Crippen molar-refractivity contribution in [2.24, 2.45) is 0 Å². The summed E-state index contributed by atoms with van der Waals surface area (Å²) in [5, 5.41) is 4.01. The lowest BCUT2D eigenvalue weighted by Gasteiger charge is -1.97. The minimum atomic E-state index is -3.76. The maximum Gasteiger partial charge on any atom is 0.268 e. The van der Waals surface area contributed by atoms with E-state index in [0.29, 0.717) is 12.1 Å². The Morgan fingerprint density at radius 2 is 2.29 bits per heavy atom. The number of halogens is 1. The smallest absolute Gasteiger partial charge is 0.268 e. The van der Waals surface area contributed by atoms with Gasteiger partial charge in [0.05, 0.1) is 12.8 Å². The number of nitrogens with zero attached hydrogens (tertiary/aromatic N) is 2. The van der Waals surface area contributed by atoms with Gasteiger partial charge in [0.2, 0.25) is 0 Å². The van der Waals surface area contributed by atoms with Crippen molar-refractivity contribution in [2.45, 2.75) is 24.3 Å². The Hall–Kier alpha value is -0.750. The zero-order valence-electron chi connectivity index (χ0n) is 7.53. The van der Waals surface area contributed by atoms with E-state index in [1.807, 2.05) is 0 Å². The molecule has 0 radical (unpaired) electrons. The molecule has 0 N–H and O–H groups in total. The van der Waals surface area contributed by atoms with Crippen LogP contribution in [0.4, 0.5) is 0 Å². The second-order valence-corrected chi connectivity index (χ2v) is 5.55. The number of hydrogen-bond acceptors (Lipinski definition) is 4. The SMILES string of the molecule is COc1nn2c(c1S(=O)(=O)Cl)CCC2. The van der Waals surface area contributed by atoms with E-state index in [2.05, 4.69) is 5.10 Å². The van der Waals surface area contributed by atoms with E-state index in [-0.39, 0.29) is 10.8 Å². The number of aryl methyl sites for hydroxylation is 1. The summed E-state index contributed by atoms with van der Waals surface area (Å²) in [5.74, 6) is 0.0923. The van der Waals surface area contributed by atoms with Crippen LogP contribution in [0.3, 0.4) is 0 Å². The van der Waals surface area contributed by atoms with Crippen molar-refractivity contribution in [3.63, 3.8) is 0 Å². The molecule has 2 rings (SSSR count). The van der Waals surface area contributed by atoms with Crippen LogP contribution in [-0.4, -0.2) is 25.3 Å². The fourth-order valence-corrected chi connectivity index (χ4v) is 2.95. The van der Waals surface area contributed by atoms with Crippen LogP contribution in [0.5, 0.6) is 5.88 Å². The highest BCUT2D eigenvalue weighted by Gasteiger charge is 2.30. The molecule has 0 unspecified atom stereocenters. The summed E-state index contributed by atoms with van der Waals surface area (Å²) in [6, 6.07) is 0. The molecular formula is C7H9ClN2O3S. The minimum absolute atomic E-state index is 0.0270. The van der Waals surface area contributed by atoms with E-state index in [4.69, 9.17) is 15.4 Å². The molecule has 5 nitrogen and oxygen atoms in total. The number of aromatic nitrogens is 2. The molecule has 0 spiro atoms. The Morgan fingerprint density at radius 3 is 2.86 bits per heavy atom. The summed E-state index contributed by atoms with van der Waals surface area (Å²) < 4.78 is 29.0. The van der Waals surface area contributed by atoms with Crippen molar-refractivity contribution in [1.29, 1.82) is 0 Å². The predicted molar refractivity (Wildman–Crippen MR) is 50.1 cm³/mol. The molecule has 0 saturated carbocycles. The first kappa shape index (κ1) is 9.79. The largest absolute Gasteiger partial charge is 0.479 e. The van der Waals surface area contributed by atoms with Gasteiger partial charge in [0.15, 0.2) is 4.90 Å². The molecule has 0 aromatic carbocycles. The fourth-order valence-electron chi connectivity index (χ4n) is 1.66. The predicted octanol–water partition coefficient (Wildman–Crippen LogP) is 0.765. The van der Waals surface area contributed by atoms with Gasteiger partial charge in [-0.2, -0.15) is 0 Å². The van der Waals surface area contributed by atoms with Gasteiger partial charge in [-0.05, 0) is 12.8 Å². The lowest BCUT2D eigenvalue weighted by Crippen LogP contribution is -1.97. The van der Waals surface area contributed by atoms with Crippen LogP contribution in [0.2, 0.25) is 0 Å². The van der Waals surface area contributed by atoms with E-state index in [0.717, 1.165) is 13.0 Å². The van der Waals surface area contributed by atoms with Crippen LogP contribution in [0.1, 0.15) is 12.1 Å². The summed E-state index contributed by atoms with van der Waals surface area (Å²) in [6.07, 6.45) is 1.57. The molecule has 0 fully saturated rings. The van der Waals surface area contributed by atoms with Crippen molar-refractivity contribution >= 4 is 19.7 Å². The van der Waals surface area contributed by atoms with E-state index >= 15 is 0 Å². The summed E-state index contributed by atoms with van der Waals surface area (Å²) in [6.45, 7) is 0.720. The Labute approximate surface area is 86.0 Å². The monoisotopic (exact) mass is 236 g/mol. The highest BCUT2D eigenvalue weighted by atomic mass is 35.7. The van der Waals surface area contributed by atoms with Crippen LogP contribution in [-0.2, 0) is 22.0 Å².